The van der Waals surface area contributed by atoms with Gasteiger partial charge >= 0.3 is 6.18 Å². The lowest BCUT2D eigenvalue weighted by atomic mass is 9.95. The van der Waals surface area contributed by atoms with Crippen LogP contribution in [0.3, 0.4) is 0 Å². The van der Waals surface area contributed by atoms with Crippen molar-refractivity contribution in [3.63, 3.8) is 0 Å². The van der Waals surface area contributed by atoms with Crippen molar-refractivity contribution in [2.24, 2.45) is 5.92 Å². The third-order valence-electron chi connectivity index (χ3n) is 4.04. The molecule has 1 amide bonds. The summed E-state index contributed by atoms with van der Waals surface area (Å²) in [5, 5.41) is 3.21. The minimum atomic E-state index is -4.19. The summed E-state index contributed by atoms with van der Waals surface area (Å²) in [4.78, 5) is 15.6. The van der Waals surface area contributed by atoms with Gasteiger partial charge in [0, 0.05) is 32.2 Å². The Morgan fingerprint density at radius 2 is 2.10 bits per heavy atom. The molecule has 0 spiro atoms. The zero-order valence-electron chi connectivity index (χ0n) is 11.7. The Kier molecular flexibility index (Phi) is 4.90. The topological polar surface area (TPSA) is 35.6 Å². The highest BCUT2D eigenvalue weighted by Gasteiger charge is 2.36. The zero-order chi connectivity index (χ0) is 14.8. The van der Waals surface area contributed by atoms with Gasteiger partial charge in [-0.1, -0.05) is 0 Å². The molecule has 0 radical (unpaired) electrons. The molecule has 2 aliphatic rings. The Morgan fingerprint density at radius 1 is 1.35 bits per heavy atom. The molecule has 7 heteroatoms. The van der Waals surface area contributed by atoms with Crippen LogP contribution in [0, 0.1) is 5.92 Å². The van der Waals surface area contributed by atoms with Crippen LogP contribution in [0.4, 0.5) is 13.2 Å². The van der Waals surface area contributed by atoms with E-state index in [1.807, 2.05) is 11.8 Å². The lowest BCUT2D eigenvalue weighted by Gasteiger charge is -2.39. The van der Waals surface area contributed by atoms with E-state index in [4.69, 9.17) is 0 Å². The van der Waals surface area contributed by atoms with Crippen LogP contribution in [-0.4, -0.2) is 67.2 Å². The molecule has 0 saturated carbocycles. The maximum absolute atomic E-state index is 12.5. The number of amides is 1. The first kappa shape index (κ1) is 15.6. The fourth-order valence-corrected chi connectivity index (χ4v) is 3.06. The van der Waals surface area contributed by atoms with E-state index in [0.717, 1.165) is 13.1 Å². The number of hydrogen-bond acceptors (Lipinski definition) is 3. The first-order chi connectivity index (χ1) is 9.37. The molecule has 1 N–H and O–H groups in total. The monoisotopic (exact) mass is 293 g/mol. The highest BCUT2D eigenvalue weighted by atomic mass is 19.4. The number of nitrogens with zero attached hydrogens (tertiary/aromatic N) is 2. The van der Waals surface area contributed by atoms with E-state index in [2.05, 4.69) is 5.32 Å². The van der Waals surface area contributed by atoms with Crippen LogP contribution in [0.1, 0.15) is 19.8 Å². The summed E-state index contributed by atoms with van der Waals surface area (Å²) < 4.78 is 37.3. The molecule has 0 aromatic heterocycles. The minimum absolute atomic E-state index is 0.0193. The summed E-state index contributed by atoms with van der Waals surface area (Å²) in [5.74, 6) is -0.266. The Labute approximate surface area is 117 Å². The highest BCUT2D eigenvalue weighted by molar-refractivity contribution is 5.79. The molecule has 2 saturated heterocycles. The number of carbonyl (C=O) groups excluding carboxylic acids is 1. The molecule has 1 unspecified atom stereocenters. The Hall–Kier alpha value is -0.820. The summed E-state index contributed by atoms with van der Waals surface area (Å²) in [7, 11) is 0. The second kappa shape index (κ2) is 6.30. The molecule has 2 aliphatic heterocycles. The van der Waals surface area contributed by atoms with Crippen molar-refractivity contribution in [2.75, 3.05) is 39.3 Å². The van der Waals surface area contributed by atoms with Crippen molar-refractivity contribution in [1.29, 1.82) is 0 Å². The minimum Gasteiger partial charge on any atom is -0.337 e. The third-order valence-corrected chi connectivity index (χ3v) is 4.04. The van der Waals surface area contributed by atoms with Gasteiger partial charge in [0.2, 0.25) is 5.91 Å². The van der Waals surface area contributed by atoms with Gasteiger partial charge < -0.3 is 10.2 Å². The number of hydrogen-bond donors (Lipinski definition) is 1. The SMILES string of the molecule is C[C@@H]1CNCCN1C(=O)C1CCCN(CC(F)(F)F)C1. The van der Waals surface area contributed by atoms with Gasteiger partial charge in [-0.3, -0.25) is 9.69 Å². The molecule has 0 bridgehead atoms. The van der Waals surface area contributed by atoms with Crippen molar-refractivity contribution in [2.45, 2.75) is 32.0 Å². The van der Waals surface area contributed by atoms with E-state index in [0.29, 0.717) is 25.9 Å². The van der Waals surface area contributed by atoms with Crippen LogP contribution in [0.15, 0.2) is 0 Å². The molecule has 0 aromatic carbocycles. The lowest BCUT2D eigenvalue weighted by Crippen LogP contribution is -2.56. The highest BCUT2D eigenvalue weighted by Crippen LogP contribution is 2.24. The van der Waals surface area contributed by atoms with Crippen LogP contribution in [0.25, 0.3) is 0 Å². The molecule has 2 heterocycles. The molecule has 2 fully saturated rings. The van der Waals surface area contributed by atoms with Crippen LogP contribution in [-0.2, 0) is 4.79 Å². The van der Waals surface area contributed by atoms with Crippen molar-refractivity contribution in [1.82, 2.24) is 15.1 Å². The molecule has 20 heavy (non-hydrogen) atoms. The Morgan fingerprint density at radius 3 is 2.75 bits per heavy atom. The van der Waals surface area contributed by atoms with Crippen LogP contribution in [0.5, 0.6) is 0 Å². The Balaban J connectivity index is 1.92. The van der Waals surface area contributed by atoms with Gasteiger partial charge in [0.1, 0.15) is 0 Å². The summed E-state index contributed by atoms with van der Waals surface area (Å²) in [5.41, 5.74) is 0. The van der Waals surface area contributed by atoms with Crippen molar-refractivity contribution in [3.05, 3.63) is 0 Å². The smallest absolute Gasteiger partial charge is 0.337 e. The molecule has 4 nitrogen and oxygen atoms in total. The number of halogens is 3. The molecular formula is C13H22F3N3O. The van der Waals surface area contributed by atoms with E-state index < -0.39 is 12.7 Å². The molecule has 2 atom stereocenters. The molecular weight excluding hydrogens is 271 g/mol. The van der Waals surface area contributed by atoms with E-state index in [-0.39, 0.29) is 24.4 Å². The van der Waals surface area contributed by atoms with Gasteiger partial charge in [0.25, 0.3) is 0 Å². The molecule has 0 aromatic rings. The second-order valence-electron chi connectivity index (χ2n) is 5.77. The number of alkyl halides is 3. The third kappa shape index (κ3) is 4.09. The average molecular weight is 293 g/mol. The van der Waals surface area contributed by atoms with Gasteiger partial charge in [0.15, 0.2) is 0 Å². The zero-order valence-corrected chi connectivity index (χ0v) is 11.7. The standard InChI is InChI=1S/C13H22F3N3O/c1-10-7-17-4-6-19(10)12(20)11-3-2-5-18(8-11)9-13(14,15)16/h10-11,17H,2-9H2,1H3/t10-,11?/m1/s1. The fraction of sp³-hybridized carbons (Fsp3) is 0.923. The van der Waals surface area contributed by atoms with Gasteiger partial charge in [-0.2, -0.15) is 13.2 Å². The molecule has 0 aliphatic carbocycles. The van der Waals surface area contributed by atoms with E-state index in [1.165, 1.54) is 4.90 Å². The first-order valence-electron chi connectivity index (χ1n) is 7.17. The number of piperazine rings is 1. The van der Waals surface area contributed by atoms with Crippen LogP contribution in [0.2, 0.25) is 0 Å². The predicted molar refractivity (Wildman–Crippen MR) is 69.3 cm³/mol. The van der Waals surface area contributed by atoms with Crippen molar-refractivity contribution in [3.8, 4) is 0 Å². The average Bonchev–Trinajstić information content (AvgIpc) is 2.37. The number of carbonyl (C=O) groups is 1. The first-order valence-corrected chi connectivity index (χ1v) is 7.17. The second-order valence-corrected chi connectivity index (χ2v) is 5.77. The normalized spacial score (nSPS) is 29.5. The van der Waals surface area contributed by atoms with Gasteiger partial charge in [-0.15, -0.1) is 0 Å². The van der Waals surface area contributed by atoms with E-state index >= 15 is 0 Å². The number of piperidine rings is 1. The van der Waals surface area contributed by atoms with E-state index in [9.17, 15) is 18.0 Å². The predicted octanol–water partition coefficient (Wildman–Crippen LogP) is 1.08. The largest absolute Gasteiger partial charge is 0.401 e. The maximum atomic E-state index is 12.5. The summed E-state index contributed by atoms with van der Waals surface area (Å²) in [6, 6.07) is 0.120. The van der Waals surface area contributed by atoms with Crippen LogP contribution < -0.4 is 5.32 Å². The number of rotatable bonds is 2. The lowest BCUT2D eigenvalue weighted by molar-refractivity contribution is -0.155. The number of nitrogens with one attached hydrogen (secondary N) is 1. The molecule has 116 valence electrons. The van der Waals surface area contributed by atoms with Gasteiger partial charge in [-0.05, 0) is 26.3 Å². The van der Waals surface area contributed by atoms with Crippen LogP contribution >= 0.6 is 0 Å². The van der Waals surface area contributed by atoms with Crippen molar-refractivity contribution < 1.29 is 18.0 Å². The van der Waals surface area contributed by atoms with E-state index in [1.54, 1.807) is 0 Å². The summed E-state index contributed by atoms with van der Waals surface area (Å²) in [6.07, 6.45) is -2.83. The fourth-order valence-electron chi connectivity index (χ4n) is 3.06. The molecule has 2 rings (SSSR count). The quantitative estimate of drug-likeness (QED) is 0.827. The van der Waals surface area contributed by atoms with Crippen molar-refractivity contribution >= 4 is 5.91 Å². The summed E-state index contributed by atoms with van der Waals surface area (Å²) in [6.45, 7) is 3.89. The number of likely N-dealkylation sites (tertiary alicyclic amines) is 1. The maximum Gasteiger partial charge on any atom is 0.401 e. The van der Waals surface area contributed by atoms with Gasteiger partial charge in [0.05, 0.1) is 12.5 Å². The Bertz CT molecular complexity index is 348. The summed E-state index contributed by atoms with van der Waals surface area (Å²) >= 11 is 0. The van der Waals surface area contributed by atoms with Gasteiger partial charge in [-0.25, -0.2) is 0 Å².